The van der Waals surface area contributed by atoms with Crippen molar-refractivity contribution in [2.24, 2.45) is 0 Å². The van der Waals surface area contributed by atoms with Crippen LogP contribution in [0.3, 0.4) is 0 Å². The molecule has 0 bridgehead atoms. The van der Waals surface area contributed by atoms with E-state index in [9.17, 15) is 9.59 Å². The Bertz CT molecular complexity index is 439. The lowest BCUT2D eigenvalue weighted by Gasteiger charge is -2.15. The van der Waals surface area contributed by atoms with Crippen LogP contribution in [0.15, 0.2) is 0 Å². The summed E-state index contributed by atoms with van der Waals surface area (Å²) in [7, 11) is 0. The van der Waals surface area contributed by atoms with Gasteiger partial charge in [0.2, 0.25) is 0 Å². The minimum atomic E-state index is -0.687. The summed E-state index contributed by atoms with van der Waals surface area (Å²) in [6, 6.07) is 0. The molecule has 0 N–H and O–H groups in total. The second-order valence-corrected chi connectivity index (χ2v) is 8.97. The largest absolute Gasteiger partial charge is 0.378 e. The third kappa shape index (κ3) is 23.0. The maximum absolute atomic E-state index is 11.2. The summed E-state index contributed by atoms with van der Waals surface area (Å²) < 4.78 is 5.59. The molecule has 32 heavy (non-hydrogen) atoms. The molecule has 0 saturated carbocycles. The van der Waals surface area contributed by atoms with E-state index < -0.39 is 18.0 Å². The number of rotatable bonds is 24. The van der Waals surface area contributed by atoms with Crippen molar-refractivity contribution in [3.63, 3.8) is 0 Å². The van der Waals surface area contributed by atoms with Gasteiger partial charge >= 0.3 is 11.9 Å². The van der Waals surface area contributed by atoms with E-state index in [2.05, 4.69) is 48.6 Å². The summed E-state index contributed by atoms with van der Waals surface area (Å²) in [5.41, 5.74) is 0. The molecule has 1 unspecified atom stereocenters. The molecule has 0 fully saturated rings. The van der Waals surface area contributed by atoms with Crippen molar-refractivity contribution in [3.05, 3.63) is 0 Å². The first-order valence-corrected chi connectivity index (χ1v) is 14.3. The van der Waals surface area contributed by atoms with Crippen LogP contribution in [0, 0.1) is 0 Å². The fourth-order valence-corrected chi connectivity index (χ4v) is 3.25. The van der Waals surface area contributed by atoms with E-state index in [1.807, 2.05) is 0 Å². The predicted molar refractivity (Wildman–Crippen MR) is 132 cm³/mol. The number of hydrogen-bond donors (Lipinski definition) is 0. The molecule has 0 aliphatic heterocycles. The quantitative estimate of drug-likeness (QED) is 0.0543. The summed E-state index contributed by atoms with van der Waals surface area (Å²) in [5.74, 6) is -1.14. The van der Waals surface area contributed by atoms with Gasteiger partial charge in [0, 0.05) is 6.61 Å². The van der Waals surface area contributed by atoms with E-state index in [0.29, 0.717) is 6.61 Å². The average molecular weight is 590 g/mol. The first-order chi connectivity index (χ1) is 15.6. The topological polar surface area (TPSA) is 80.3 Å². The van der Waals surface area contributed by atoms with Crippen molar-refractivity contribution < 1.29 is 33.9 Å². The molecule has 0 heterocycles. The van der Waals surface area contributed by atoms with Gasteiger partial charge in [-0.3, -0.25) is 9.78 Å². The van der Waals surface area contributed by atoms with Gasteiger partial charge < -0.3 is 4.74 Å². The molecule has 0 aromatic rings. The van der Waals surface area contributed by atoms with Gasteiger partial charge in [0.15, 0.2) is 6.10 Å². The van der Waals surface area contributed by atoms with Crippen LogP contribution in [0.25, 0.3) is 0 Å². The van der Waals surface area contributed by atoms with E-state index >= 15 is 0 Å². The number of halogens is 2. The highest BCUT2D eigenvalue weighted by atomic mass is 79.9. The third-order valence-corrected chi connectivity index (χ3v) is 5.76. The SMILES string of the molecule is CCCCCCCCCCCCCCCCOCC(COOC(=O)CBr)OOC(=O)CBr. The third-order valence-electron chi connectivity index (χ3n) is 4.85. The molecule has 0 radical (unpaired) electrons. The highest BCUT2D eigenvalue weighted by Gasteiger charge is 2.16. The van der Waals surface area contributed by atoms with E-state index in [1.54, 1.807) is 0 Å². The molecular formula is C23H42Br2O7. The van der Waals surface area contributed by atoms with Crippen LogP contribution in [0.1, 0.15) is 96.8 Å². The monoisotopic (exact) mass is 588 g/mol. The molecule has 0 saturated heterocycles. The van der Waals surface area contributed by atoms with Crippen molar-refractivity contribution in [3.8, 4) is 0 Å². The smallest absolute Gasteiger partial charge is 0.352 e. The van der Waals surface area contributed by atoms with E-state index in [0.717, 1.165) is 12.8 Å². The molecule has 190 valence electrons. The highest BCUT2D eigenvalue weighted by molar-refractivity contribution is 9.09. The lowest BCUT2D eigenvalue weighted by Crippen LogP contribution is -2.28. The number of unbranched alkanes of at least 4 members (excludes halogenated alkanes) is 13. The average Bonchev–Trinajstić information content (AvgIpc) is 2.81. The molecule has 9 heteroatoms. The minimum Gasteiger partial charge on any atom is -0.378 e. The van der Waals surface area contributed by atoms with Gasteiger partial charge in [-0.1, -0.05) is 122 Å². The van der Waals surface area contributed by atoms with E-state index in [-0.39, 0.29) is 23.9 Å². The second-order valence-electron chi connectivity index (χ2n) is 7.85. The van der Waals surface area contributed by atoms with Crippen molar-refractivity contribution >= 4 is 43.8 Å². The number of alkyl halides is 2. The lowest BCUT2D eigenvalue weighted by molar-refractivity contribution is -0.339. The summed E-state index contributed by atoms with van der Waals surface area (Å²) in [5, 5.41) is 0.0335. The van der Waals surface area contributed by atoms with Gasteiger partial charge in [-0.25, -0.2) is 9.59 Å². The second kappa shape index (κ2) is 25.4. The Morgan fingerprint density at radius 2 is 1.12 bits per heavy atom. The zero-order chi connectivity index (χ0) is 23.7. The summed E-state index contributed by atoms with van der Waals surface area (Å²) in [6.45, 7) is 2.91. The Morgan fingerprint density at radius 3 is 1.62 bits per heavy atom. The summed E-state index contributed by atoms with van der Waals surface area (Å²) in [4.78, 5) is 41.2. The minimum absolute atomic E-state index is 0.0130. The zero-order valence-corrected chi connectivity index (χ0v) is 22.8. The standard InChI is InChI=1S/C23H42Br2O7/c1-2-3-4-5-6-7-8-9-10-11-12-13-14-15-16-28-19-21(30-32-23(27)18-25)20-29-31-22(26)17-24/h21H,2-20H2,1H3. The maximum atomic E-state index is 11.2. The molecule has 0 aromatic heterocycles. The molecule has 0 aliphatic carbocycles. The van der Waals surface area contributed by atoms with Crippen LogP contribution in [0.2, 0.25) is 0 Å². The Labute approximate surface area is 210 Å². The fourth-order valence-electron chi connectivity index (χ4n) is 3.06. The van der Waals surface area contributed by atoms with Gasteiger partial charge in [0.25, 0.3) is 0 Å². The van der Waals surface area contributed by atoms with Gasteiger partial charge in [-0.15, -0.1) is 0 Å². The number of carbonyl (C=O) groups excluding carboxylic acids is 2. The van der Waals surface area contributed by atoms with Crippen molar-refractivity contribution in [1.82, 2.24) is 0 Å². The highest BCUT2D eigenvalue weighted by Crippen LogP contribution is 2.13. The van der Waals surface area contributed by atoms with Gasteiger partial charge in [0.1, 0.15) is 17.3 Å². The van der Waals surface area contributed by atoms with Gasteiger partial charge in [-0.05, 0) is 6.42 Å². The molecule has 0 amide bonds. The Kier molecular flexibility index (Phi) is 25.2. The van der Waals surface area contributed by atoms with Crippen molar-refractivity contribution in [2.45, 2.75) is 103 Å². The number of ether oxygens (including phenoxy) is 1. The zero-order valence-electron chi connectivity index (χ0n) is 19.6. The van der Waals surface area contributed by atoms with Crippen molar-refractivity contribution in [1.29, 1.82) is 0 Å². The van der Waals surface area contributed by atoms with Crippen LogP contribution in [0.5, 0.6) is 0 Å². The number of hydrogen-bond acceptors (Lipinski definition) is 7. The Balaban J connectivity index is 3.60. The van der Waals surface area contributed by atoms with Crippen LogP contribution >= 0.6 is 31.9 Å². The molecule has 0 spiro atoms. The Morgan fingerprint density at radius 1 is 0.656 bits per heavy atom. The molecule has 0 aliphatic rings. The van der Waals surface area contributed by atoms with E-state index in [4.69, 9.17) is 14.5 Å². The summed E-state index contributed by atoms with van der Waals surface area (Å²) >= 11 is 5.94. The normalized spacial score (nSPS) is 12.0. The van der Waals surface area contributed by atoms with Gasteiger partial charge in [-0.2, -0.15) is 9.78 Å². The Hall–Kier alpha value is -0.220. The van der Waals surface area contributed by atoms with Crippen LogP contribution in [0.4, 0.5) is 0 Å². The number of carbonyl (C=O) groups is 2. The first kappa shape index (κ1) is 31.8. The molecule has 1 atom stereocenters. The summed E-state index contributed by atoms with van der Waals surface area (Å²) in [6.07, 6.45) is 17.6. The molecule has 0 aromatic carbocycles. The first-order valence-electron chi connectivity index (χ1n) is 12.0. The van der Waals surface area contributed by atoms with Crippen LogP contribution in [-0.4, -0.2) is 48.5 Å². The fraction of sp³-hybridized carbons (Fsp3) is 0.913. The molecular weight excluding hydrogens is 548 g/mol. The van der Waals surface area contributed by atoms with Crippen LogP contribution < -0.4 is 0 Å². The van der Waals surface area contributed by atoms with Gasteiger partial charge in [0.05, 0.1) is 6.61 Å². The molecule has 0 rings (SSSR count). The molecule has 7 nitrogen and oxygen atoms in total. The maximum Gasteiger partial charge on any atom is 0.352 e. The lowest BCUT2D eigenvalue weighted by atomic mass is 10.0. The van der Waals surface area contributed by atoms with Crippen LogP contribution in [-0.2, 0) is 33.9 Å². The predicted octanol–water partition coefficient (Wildman–Crippen LogP) is 6.59. The van der Waals surface area contributed by atoms with Crippen molar-refractivity contribution in [2.75, 3.05) is 30.5 Å². The van der Waals surface area contributed by atoms with E-state index in [1.165, 1.54) is 77.0 Å².